The molecule has 0 spiro atoms. The second-order valence-corrected chi connectivity index (χ2v) is 6.44. The monoisotopic (exact) mass is 320 g/mol. The molecule has 0 saturated heterocycles. The fourth-order valence-electron chi connectivity index (χ4n) is 3.37. The van der Waals surface area contributed by atoms with E-state index in [1.165, 1.54) is 11.1 Å². The van der Waals surface area contributed by atoms with E-state index >= 15 is 0 Å². The number of ketones is 1. The third kappa shape index (κ3) is 2.58. The van der Waals surface area contributed by atoms with Crippen molar-refractivity contribution in [3.63, 3.8) is 0 Å². The van der Waals surface area contributed by atoms with Crippen molar-refractivity contribution in [2.24, 2.45) is 0 Å². The first-order chi connectivity index (χ1) is 11.6. The Morgan fingerprint density at radius 3 is 3.00 bits per heavy atom. The minimum Gasteiger partial charge on any atom is -0.493 e. The first-order valence-corrected chi connectivity index (χ1v) is 8.35. The Balaban J connectivity index is 1.55. The molecule has 0 aliphatic carbocycles. The number of imidazole rings is 1. The third-order valence-electron chi connectivity index (χ3n) is 4.61. The lowest BCUT2D eigenvalue weighted by Gasteiger charge is -2.05. The van der Waals surface area contributed by atoms with Gasteiger partial charge in [0.15, 0.2) is 5.78 Å². The van der Waals surface area contributed by atoms with E-state index in [0.29, 0.717) is 12.1 Å². The summed E-state index contributed by atoms with van der Waals surface area (Å²) >= 11 is 0. The molecule has 24 heavy (non-hydrogen) atoms. The number of ether oxygens (including phenoxy) is 1. The Morgan fingerprint density at radius 1 is 1.25 bits per heavy atom. The number of nitrogens with zero attached hydrogens (tertiary/aromatic N) is 2. The molecule has 0 radical (unpaired) electrons. The summed E-state index contributed by atoms with van der Waals surface area (Å²) in [6.45, 7) is 4.70. The molecule has 0 atom stereocenters. The van der Waals surface area contributed by atoms with Gasteiger partial charge in [0.25, 0.3) is 0 Å². The molecule has 1 aliphatic heterocycles. The zero-order valence-corrected chi connectivity index (χ0v) is 14.0. The van der Waals surface area contributed by atoms with E-state index in [1.54, 1.807) is 0 Å². The molecule has 0 saturated carbocycles. The molecule has 0 N–H and O–H groups in total. The quantitative estimate of drug-likeness (QED) is 0.688. The second-order valence-electron chi connectivity index (χ2n) is 6.44. The molecule has 1 aromatic carbocycles. The van der Waals surface area contributed by atoms with Gasteiger partial charge in [0.2, 0.25) is 0 Å². The molecule has 2 aromatic heterocycles. The third-order valence-corrected chi connectivity index (χ3v) is 4.61. The molecule has 0 amide bonds. The molecule has 4 heteroatoms. The highest BCUT2D eigenvalue weighted by Crippen LogP contribution is 2.26. The zero-order chi connectivity index (χ0) is 16.7. The van der Waals surface area contributed by atoms with Crippen LogP contribution >= 0.6 is 0 Å². The van der Waals surface area contributed by atoms with Gasteiger partial charge in [-0.1, -0.05) is 12.1 Å². The number of aromatic nitrogens is 2. The molecule has 3 heterocycles. The highest BCUT2D eigenvalue weighted by molar-refractivity contribution is 5.96. The average Bonchev–Trinajstić information content (AvgIpc) is 3.14. The smallest absolute Gasteiger partial charge is 0.181 e. The number of benzene rings is 1. The number of fused-ring (bicyclic) bond motifs is 2. The minimum absolute atomic E-state index is 0.139. The van der Waals surface area contributed by atoms with Gasteiger partial charge >= 0.3 is 0 Å². The summed E-state index contributed by atoms with van der Waals surface area (Å²) in [6, 6.07) is 10.3. The Morgan fingerprint density at radius 2 is 2.12 bits per heavy atom. The summed E-state index contributed by atoms with van der Waals surface area (Å²) in [4.78, 5) is 17.3. The van der Waals surface area contributed by atoms with Crippen LogP contribution in [0.1, 0.15) is 39.3 Å². The topological polar surface area (TPSA) is 43.6 Å². The fourth-order valence-corrected chi connectivity index (χ4v) is 3.37. The molecule has 0 bridgehead atoms. The molecule has 3 aromatic rings. The highest BCUT2D eigenvalue weighted by atomic mass is 16.5. The Hall–Kier alpha value is -2.62. The van der Waals surface area contributed by atoms with E-state index in [2.05, 4.69) is 17.1 Å². The molecular formula is C20H20N2O2. The molecule has 122 valence electrons. The van der Waals surface area contributed by atoms with E-state index in [4.69, 9.17) is 4.74 Å². The van der Waals surface area contributed by atoms with Crippen molar-refractivity contribution in [2.75, 3.05) is 6.61 Å². The number of hydrogen-bond donors (Lipinski definition) is 0. The van der Waals surface area contributed by atoms with E-state index in [9.17, 15) is 4.79 Å². The van der Waals surface area contributed by atoms with Crippen LogP contribution in [0, 0.1) is 13.8 Å². The molecular weight excluding hydrogens is 300 g/mol. The summed E-state index contributed by atoms with van der Waals surface area (Å²) in [5.74, 6) is 1.12. The maximum atomic E-state index is 12.7. The normalized spacial score (nSPS) is 13.1. The Kier molecular flexibility index (Phi) is 3.60. The van der Waals surface area contributed by atoms with Gasteiger partial charge in [-0.05, 0) is 55.2 Å². The van der Waals surface area contributed by atoms with Gasteiger partial charge in [0.05, 0.1) is 12.3 Å². The number of hydrogen-bond acceptors (Lipinski definition) is 3. The zero-order valence-electron chi connectivity index (χ0n) is 14.0. The Bertz CT molecular complexity index is 940. The number of carbonyl (C=O) groups excluding carboxylic acids is 1. The van der Waals surface area contributed by atoms with Gasteiger partial charge in [-0.3, -0.25) is 9.20 Å². The second kappa shape index (κ2) is 5.78. The van der Waals surface area contributed by atoms with Gasteiger partial charge in [0, 0.05) is 19.0 Å². The van der Waals surface area contributed by atoms with Gasteiger partial charge in [-0.25, -0.2) is 4.98 Å². The van der Waals surface area contributed by atoms with Crippen LogP contribution in [-0.2, 0) is 12.8 Å². The minimum atomic E-state index is 0.139. The van der Waals surface area contributed by atoms with Crippen LogP contribution in [0.5, 0.6) is 5.75 Å². The van der Waals surface area contributed by atoms with Crippen molar-refractivity contribution in [2.45, 2.75) is 33.1 Å². The number of aryl methyl sites for hydroxylation is 3. The number of Topliss-reactive ketones (excluding diaryl/α,β-unsaturated/α-hetero) is 1. The first-order valence-electron chi connectivity index (χ1n) is 8.35. The Labute approximate surface area is 141 Å². The summed E-state index contributed by atoms with van der Waals surface area (Å²) in [7, 11) is 0. The van der Waals surface area contributed by atoms with Crippen molar-refractivity contribution < 1.29 is 9.53 Å². The number of pyridine rings is 1. The van der Waals surface area contributed by atoms with Crippen molar-refractivity contribution in [1.29, 1.82) is 0 Å². The van der Waals surface area contributed by atoms with Gasteiger partial charge in [-0.15, -0.1) is 0 Å². The van der Waals surface area contributed by atoms with E-state index in [-0.39, 0.29) is 5.78 Å². The SMILES string of the molecule is Cc1ccn2c(C(=O)CCc3ccc4c(c3)CCO4)c(C)nc2c1. The lowest BCUT2D eigenvalue weighted by Crippen LogP contribution is -2.07. The molecule has 4 rings (SSSR count). The largest absolute Gasteiger partial charge is 0.493 e. The summed E-state index contributed by atoms with van der Waals surface area (Å²) in [5.41, 5.74) is 5.93. The standard InChI is InChI=1S/C20H20N2O2/c1-13-7-9-22-19(11-13)21-14(2)20(22)17(23)5-3-15-4-6-18-16(12-15)8-10-24-18/h4,6-7,9,11-12H,3,5,8,10H2,1-2H3. The first kappa shape index (κ1) is 14.9. The molecule has 4 nitrogen and oxygen atoms in total. The average molecular weight is 320 g/mol. The fraction of sp³-hybridized carbons (Fsp3) is 0.300. The van der Waals surface area contributed by atoms with E-state index < -0.39 is 0 Å². The summed E-state index contributed by atoms with van der Waals surface area (Å²) < 4.78 is 7.44. The predicted molar refractivity (Wildman–Crippen MR) is 93.0 cm³/mol. The van der Waals surface area contributed by atoms with E-state index in [0.717, 1.165) is 42.1 Å². The van der Waals surface area contributed by atoms with E-state index in [1.807, 2.05) is 42.6 Å². The van der Waals surface area contributed by atoms with Gasteiger partial charge < -0.3 is 4.74 Å². The number of carbonyl (C=O) groups is 1. The van der Waals surface area contributed by atoms with Crippen LogP contribution in [0.25, 0.3) is 5.65 Å². The molecule has 0 unspecified atom stereocenters. The lowest BCUT2D eigenvalue weighted by molar-refractivity contribution is 0.0976. The van der Waals surface area contributed by atoms with Crippen LogP contribution < -0.4 is 4.74 Å². The van der Waals surface area contributed by atoms with Crippen molar-refractivity contribution >= 4 is 11.4 Å². The van der Waals surface area contributed by atoms with Crippen LogP contribution in [-0.4, -0.2) is 21.8 Å². The van der Waals surface area contributed by atoms with Crippen LogP contribution in [0.3, 0.4) is 0 Å². The molecule has 0 fully saturated rings. The predicted octanol–water partition coefficient (Wildman–Crippen LogP) is 3.70. The summed E-state index contributed by atoms with van der Waals surface area (Å²) in [5, 5.41) is 0. The summed E-state index contributed by atoms with van der Waals surface area (Å²) in [6.07, 6.45) is 4.13. The van der Waals surface area contributed by atoms with Crippen LogP contribution in [0.4, 0.5) is 0 Å². The van der Waals surface area contributed by atoms with Gasteiger partial charge in [-0.2, -0.15) is 0 Å². The highest BCUT2D eigenvalue weighted by Gasteiger charge is 2.17. The maximum absolute atomic E-state index is 12.7. The molecule has 1 aliphatic rings. The van der Waals surface area contributed by atoms with Crippen molar-refractivity contribution in [3.8, 4) is 5.75 Å². The maximum Gasteiger partial charge on any atom is 0.181 e. The van der Waals surface area contributed by atoms with Crippen molar-refractivity contribution in [1.82, 2.24) is 9.38 Å². The van der Waals surface area contributed by atoms with Crippen molar-refractivity contribution in [3.05, 3.63) is 64.6 Å². The van der Waals surface area contributed by atoms with Gasteiger partial charge in [0.1, 0.15) is 17.1 Å². The number of rotatable bonds is 4. The van der Waals surface area contributed by atoms with Crippen LogP contribution in [0.15, 0.2) is 36.5 Å². The lowest BCUT2D eigenvalue weighted by atomic mass is 10.0. The van der Waals surface area contributed by atoms with Crippen LogP contribution in [0.2, 0.25) is 0 Å².